The van der Waals surface area contributed by atoms with Crippen molar-refractivity contribution in [2.45, 2.75) is 13.8 Å². The maximum atomic E-state index is 12.0. The fourth-order valence-electron chi connectivity index (χ4n) is 1.94. The van der Waals surface area contributed by atoms with Gasteiger partial charge in [0, 0.05) is 17.4 Å². The summed E-state index contributed by atoms with van der Waals surface area (Å²) < 4.78 is 5.07. The molecule has 2 amide bonds. The largest absolute Gasteiger partial charge is 0.497 e. The van der Waals surface area contributed by atoms with Gasteiger partial charge in [-0.05, 0) is 43.2 Å². The second-order valence-electron chi connectivity index (χ2n) is 4.96. The Labute approximate surface area is 129 Å². The predicted octanol–water partition coefficient (Wildman–Crippen LogP) is 2.89. The van der Waals surface area contributed by atoms with E-state index in [1.165, 1.54) is 7.11 Å². The molecule has 0 aliphatic heterocycles. The molecule has 0 bridgehead atoms. The van der Waals surface area contributed by atoms with Crippen molar-refractivity contribution in [2.24, 2.45) is 0 Å². The van der Waals surface area contributed by atoms with E-state index in [4.69, 9.17) is 4.74 Å². The van der Waals surface area contributed by atoms with Crippen molar-refractivity contribution < 1.29 is 14.3 Å². The molecule has 0 unspecified atom stereocenters. The summed E-state index contributed by atoms with van der Waals surface area (Å²) in [5, 5.41) is 5.16. The van der Waals surface area contributed by atoms with E-state index >= 15 is 0 Å². The van der Waals surface area contributed by atoms with Gasteiger partial charge in [-0.25, -0.2) is 0 Å². The quantitative estimate of drug-likeness (QED) is 0.856. The van der Waals surface area contributed by atoms with Gasteiger partial charge in [0.1, 0.15) is 5.75 Å². The van der Waals surface area contributed by atoms with E-state index in [0.29, 0.717) is 17.1 Å². The molecular weight excluding hydrogens is 280 g/mol. The van der Waals surface area contributed by atoms with E-state index in [0.717, 1.165) is 11.1 Å². The van der Waals surface area contributed by atoms with E-state index < -0.39 is 11.8 Å². The number of methoxy groups -OCH3 is 1. The molecule has 0 fully saturated rings. The first-order chi connectivity index (χ1) is 10.5. The van der Waals surface area contributed by atoms with Gasteiger partial charge < -0.3 is 15.4 Å². The maximum Gasteiger partial charge on any atom is 0.314 e. The SMILES string of the molecule is COc1cccc(NC(=O)C(=O)Nc2cc(C)ccc2C)c1. The number of rotatable bonds is 3. The molecule has 2 N–H and O–H groups in total. The molecule has 22 heavy (non-hydrogen) atoms. The zero-order valence-corrected chi connectivity index (χ0v) is 12.8. The van der Waals surface area contributed by atoms with E-state index in [2.05, 4.69) is 10.6 Å². The Kier molecular flexibility index (Phi) is 4.78. The summed E-state index contributed by atoms with van der Waals surface area (Å²) in [6.45, 7) is 3.79. The molecule has 0 atom stereocenters. The summed E-state index contributed by atoms with van der Waals surface area (Å²) >= 11 is 0. The Hall–Kier alpha value is -2.82. The summed E-state index contributed by atoms with van der Waals surface area (Å²) in [5.41, 5.74) is 3.04. The van der Waals surface area contributed by atoms with Crippen LogP contribution in [-0.2, 0) is 9.59 Å². The second kappa shape index (κ2) is 6.76. The van der Waals surface area contributed by atoms with Crippen LogP contribution in [0.15, 0.2) is 42.5 Å². The van der Waals surface area contributed by atoms with Crippen LogP contribution in [0.5, 0.6) is 5.75 Å². The first-order valence-electron chi connectivity index (χ1n) is 6.83. The second-order valence-corrected chi connectivity index (χ2v) is 4.96. The molecule has 2 rings (SSSR count). The number of nitrogens with one attached hydrogen (secondary N) is 2. The van der Waals surface area contributed by atoms with Crippen LogP contribution in [0, 0.1) is 13.8 Å². The minimum absolute atomic E-state index is 0.500. The van der Waals surface area contributed by atoms with Crippen molar-refractivity contribution >= 4 is 23.2 Å². The first kappa shape index (κ1) is 15.6. The number of ether oxygens (including phenoxy) is 1. The van der Waals surface area contributed by atoms with Gasteiger partial charge in [0.15, 0.2) is 0 Å². The lowest BCUT2D eigenvalue weighted by atomic mass is 10.1. The van der Waals surface area contributed by atoms with Gasteiger partial charge in [-0.2, -0.15) is 0 Å². The summed E-state index contributed by atoms with van der Waals surface area (Å²) in [7, 11) is 1.54. The maximum absolute atomic E-state index is 12.0. The highest BCUT2D eigenvalue weighted by molar-refractivity contribution is 6.43. The molecule has 0 radical (unpaired) electrons. The summed E-state index contributed by atoms with van der Waals surface area (Å²) in [6, 6.07) is 12.5. The summed E-state index contributed by atoms with van der Waals surface area (Å²) in [5.74, 6) is -0.835. The van der Waals surface area contributed by atoms with Gasteiger partial charge in [0.05, 0.1) is 7.11 Å². The normalized spacial score (nSPS) is 9.95. The number of amides is 2. The Morgan fingerprint density at radius 1 is 0.955 bits per heavy atom. The minimum atomic E-state index is -0.728. The third kappa shape index (κ3) is 3.85. The third-order valence-electron chi connectivity index (χ3n) is 3.18. The molecular formula is C17H18N2O3. The van der Waals surface area contributed by atoms with E-state index in [-0.39, 0.29) is 0 Å². The monoisotopic (exact) mass is 298 g/mol. The first-order valence-corrected chi connectivity index (χ1v) is 6.83. The average molecular weight is 298 g/mol. The van der Waals surface area contributed by atoms with Gasteiger partial charge in [0.25, 0.3) is 0 Å². The Morgan fingerprint density at radius 3 is 2.41 bits per heavy atom. The van der Waals surface area contributed by atoms with Crippen molar-refractivity contribution in [3.8, 4) is 5.75 Å². The molecule has 0 saturated heterocycles. The number of anilines is 2. The van der Waals surface area contributed by atoms with Crippen LogP contribution in [-0.4, -0.2) is 18.9 Å². The van der Waals surface area contributed by atoms with Gasteiger partial charge >= 0.3 is 11.8 Å². The number of hydrogen-bond acceptors (Lipinski definition) is 3. The van der Waals surface area contributed by atoms with Crippen molar-refractivity contribution in [1.29, 1.82) is 0 Å². The molecule has 0 aliphatic carbocycles. The molecule has 0 spiro atoms. The predicted molar refractivity (Wildman–Crippen MR) is 86.2 cm³/mol. The van der Waals surface area contributed by atoms with Crippen LogP contribution in [0.2, 0.25) is 0 Å². The third-order valence-corrected chi connectivity index (χ3v) is 3.18. The number of carbonyl (C=O) groups is 2. The number of carbonyl (C=O) groups excluding carboxylic acids is 2. The molecule has 0 aliphatic rings. The topological polar surface area (TPSA) is 67.4 Å². The Bertz CT molecular complexity index is 711. The van der Waals surface area contributed by atoms with Crippen LogP contribution in [0.1, 0.15) is 11.1 Å². The molecule has 5 nitrogen and oxygen atoms in total. The number of hydrogen-bond donors (Lipinski definition) is 2. The number of benzene rings is 2. The highest BCUT2D eigenvalue weighted by atomic mass is 16.5. The zero-order valence-electron chi connectivity index (χ0n) is 12.8. The highest BCUT2D eigenvalue weighted by Crippen LogP contribution is 2.18. The molecule has 2 aromatic rings. The average Bonchev–Trinajstić information content (AvgIpc) is 2.51. The van der Waals surface area contributed by atoms with Crippen LogP contribution in [0.4, 0.5) is 11.4 Å². The standard InChI is InChI=1S/C17H18N2O3/c1-11-7-8-12(2)15(9-11)19-17(21)16(20)18-13-5-4-6-14(10-13)22-3/h4-10H,1-3H3,(H,18,20)(H,19,21). The number of aryl methyl sites for hydroxylation is 2. The van der Waals surface area contributed by atoms with E-state index in [1.54, 1.807) is 24.3 Å². The Morgan fingerprint density at radius 2 is 1.68 bits per heavy atom. The van der Waals surface area contributed by atoms with E-state index in [9.17, 15) is 9.59 Å². The molecule has 2 aromatic carbocycles. The van der Waals surface area contributed by atoms with Crippen LogP contribution < -0.4 is 15.4 Å². The summed E-state index contributed by atoms with van der Waals surface area (Å²) in [6.07, 6.45) is 0. The van der Waals surface area contributed by atoms with Crippen molar-refractivity contribution in [1.82, 2.24) is 0 Å². The fraction of sp³-hybridized carbons (Fsp3) is 0.176. The van der Waals surface area contributed by atoms with E-state index in [1.807, 2.05) is 32.0 Å². The van der Waals surface area contributed by atoms with Gasteiger partial charge in [-0.3, -0.25) is 9.59 Å². The zero-order chi connectivity index (χ0) is 16.1. The fourth-order valence-corrected chi connectivity index (χ4v) is 1.94. The molecule has 0 aromatic heterocycles. The lowest BCUT2D eigenvalue weighted by molar-refractivity contribution is -0.133. The molecule has 5 heteroatoms. The lowest BCUT2D eigenvalue weighted by Gasteiger charge is -2.10. The molecule has 0 heterocycles. The van der Waals surface area contributed by atoms with Crippen LogP contribution in [0.25, 0.3) is 0 Å². The summed E-state index contributed by atoms with van der Waals surface area (Å²) in [4.78, 5) is 23.9. The van der Waals surface area contributed by atoms with Crippen molar-refractivity contribution in [2.75, 3.05) is 17.7 Å². The van der Waals surface area contributed by atoms with Crippen molar-refractivity contribution in [3.05, 3.63) is 53.6 Å². The Balaban J connectivity index is 2.06. The van der Waals surface area contributed by atoms with Gasteiger partial charge in [-0.1, -0.05) is 18.2 Å². The van der Waals surface area contributed by atoms with Crippen LogP contribution in [0.3, 0.4) is 0 Å². The molecule has 114 valence electrons. The lowest BCUT2D eigenvalue weighted by Crippen LogP contribution is -2.29. The minimum Gasteiger partial charge on any atom is -0.497 e. The van der Waals surface area contributed by atoms with Gasteiger partial charge in [0.2, 0.25) is 0 Å². The van der Waals surface area contributed by atoms with Crippen molar-refractivity contribution in [3.63, 3.8) is 0 Å². The van der Waals surface area contributed by atoms with Gasteiger partial charge in [-0.15, -0.1) is 0 Å². The highest BCUT2D eigenvalue weighted by Gasteiger charge is 2.15. The van der Waals surface area contributed by atoms with Crippen LogP contribution >= 0.6 is 0 Å². The smallest absolute Gasteiger partial charge is 0.314 e. The molecule has 0 saturated carbocycles.